The Morgan fingerprint density at radius 1 is 1.79 bits per heavy atom. The average molecular weight is 196 g/mol. The molecule has 1 amide bonds. The number of amides is 1. The summed E-state index contributed by atoms with van der Waals surface area (Å²) in [7, 11) is 3.58. The lowest BCUT2D eigenvalue weighted by Crippen LogP contribution is -2.39. The van der Waals surface area contributed by atoms with Crippen molar-refractivity contribution in [1.29, 1.82) is 0 Å². The van der Waals surface area contributed by atoms with Gasteiger partial charge in [-0.15, -0.1) is 0 Å². The van der Waals surface area contributed by atoms with E-state index in [4.69, 9.17) is 5.73 Å². The molecule has 0 bridgehead atoms. The molecule has 2 N–H and O–H groups in total. The maximum atomic E-state index is 11.4. The summed E-state index contributed by atoms with van der Waals surface area (Å²) in [5.74, 6) is -0.0612. The van der Waals surface area contributed by atoms with Crippen LogP contribution >= 0.6 is 0 Å². The molecule has 0 aliphatic carbocycles. The fourth-order valence-corrected chi connectivity index (χ4v) is 1.25. The third-order valence-corrected chi connectivity index (χ3v) is 1.94. The van der Waals surface area contributed by atoms with Crippen LogP contribution in [0.15, 0.2) is 12.4 Å². The molecule has 0 spiro atoms. The van der Waals surface area contributed by atoms with Crippen LogP contribution < -0.4 is 5.73 Å². The smallest absolute Gasteiger partial charge is 0.239 e. The molecule has 0 aliphatic heterocycles. The Kier molecular flexibility index (Phi) is 3.24. The molecule has 14 heavy (non-hydrogen) atoms. The summed E-state index contributed by atoms with van der Waals surface area (Å²) < 4.78 is 1.71. The Bertz CT molecular complexity index is 318. The second-order valence-electron chi connectivity index (χ2n) is 3.51. The average Bonchev–Trinajstić information content (AvgIpc) is 2.49. The van der Waals surface area contributed by atoms with Crippen molar-refractivity contribution in [2.45, 2.75) is 19.5 Å². The monoisotopic (exact) mass is 196 g/mol. The molecule has 1 atom stereocenters. The Hall–Kier alpha value is -1.36. The second-order valence-corrected chi connectivity index (χ2v) is 3.51. The zero-order valence-electron chi connectivity index (χ0n) is 8.77. The number of carbonyl (C=O) groups excluding carboxylic acids is 1. The van der Waals surface area contributed by atoms with Gasteiger partial charge in [-0.05, 0) is 6.92 Å². The third kappa shape index (κ3) is 2.56. The summed E-state index contributed by atoms with van der Waals surface area (Å²) in [5.41, 5.74) is 6.49. The molecule has 0 radical (unpaired) electrons. The minimum Gasteiger partial charge on any atom is -0.340 e. The van der Waals surface area contributed by atoms with Crippen molar-refractivity contribution in [1.82, 2.24) is 14.7 Å². The van der Waals surface area contributed by atoms with Crippen molar-refractivity contribution in [2.75, 3.05) is 7.05 Å². The molecule has 0 saturated carbocycles. The summed E-state index contributed by atoms with van der Waals surface area (Å²) in [6.45, 7) is 2.23. The first kappa shape index (κ1) is 10.7. The number of hydrogen-bond donors (Lipinski definition) is 1. The van der Waals surface area contributed by atoms with Gasteiger partial charge in [-0.2, -0.15) is 5.10 Å². The maximum absolute atomic E-state index is 11.4. The highest BCUT2D eigenvalue weighted by atomic mass is 16.2. The van der Waals surface area contributed by atoms with Crippen LogP contribution in [-0.4, -0.2) is 33.7 Å². The molecule has 0 fully saturated rings. The molecule has 0 aromatic carbocycles. The van der Waals surface area contributed by atoms with Crippen molar-refractivity contribution in [3.63, 3.8) is 0 Å². The van der Waals surface area contributed by atoms with Gasteiger partial charge >= 0.3 is 0 Å². The fourth-order valence-electron chi connectivity index (χ4n) is 1.25. The molecule has 1 aromatic rings. The van der Waals surface area contributed by atoms with Crippen LogP contribution in [0.4, 0.5) is 0 Å². The number of nitrogens with two attached hydrogens (primary N) is 1. The van der Waals surface area contributed by atoms with E-state index < -0.39 is 6.04 Å². The van der Waals surface area contributed by atoms with Crippen LogP contribution in [0.3, 0.4) is 0 Å². The molecule has 5 heteroatoms. The normalized spacial score (nSPS) is 12.6. The number of carbonyl (C=O) groups is 1. The van der Waals surface area contributed by atoms with E-state index in [0.29, 0.717) is 6.54 Å². The van der Waals surface area contributed by atoms with Gasteiger partial charge in [0, 0.05) is 32.4 Å². The first-order valence-corrected chi connectivity index (χ1v) is 4.49. The Balaban J connectivity index is 2.57. The quantitative estimate of drug-likeness (QED) is 0.723. The van der Waals surface area contributed by atoms with Gasteiger partial charge < -0.3 is 10.6 Å². The van der Waals surface area contributed by atoms with Crippen molar-refractivity contribution >= 4 is 5.91 Å². The number of rotatable bonds is 3. The first-order valence-electron chi connectivity index (χ1n) is 4.49. The van der Waals surface area contributed by atoms with Gasteiger partial charge in [0.05, 0.1) is 12.2 Å². The van der Waals surface area contributed by atoms with Gasteiger partial charge in [0.15, 0.2) is 0 Å². The fraction of sp³-hybridized carbons (Fsp3) is 0.556. The van der Waals surface area contributed by atoms with E-state index in [2.05, 4.69) is 5.10 Å². The second kappa shape index (κ2) is 4.23. The summed E-state index contributed by atoms with van der Waals surface area (Å²) in [6.07, 6.45) is 3.62. The van der Waals surface area contributed by atoms with Crippen LogP contribution in [0.1, 0.15) is 12.5 Å². The van der Waals surface area contributed by atoms with Crippen molar-refractivity contribution < 1.29 is 4.79 Å². The molecule has 0 saturated heterocycles. The van der Waals surface area contributed by atoms with Gasteiger partial charge in [0.25, 0.3) is 0 Å². The van der Waals surface area contributed by atoms with Crippen LogP contribution in [-0.2, 0) is 18.4 Å². The Morgan fingerprint density at radius 2 is 2.43 bits per heavy atom. The van der Waals surface area contributed by atoms with Crippen molar-refractivity contribution in [3.05, 3.63) is 18.0 Å². The Labute approximate surface area is 83.5 Å². The lowest BCUT2D eigenvalue weighted by molar-refractivity contribution is -0.131. The van der Waals surface area contributed by atoms with Crippen LogP contribution in [0.5, 0.6) is 0 Å². The minimum absolute atomic E-state index is 0.0612. The van der Waals surface area contributed by atoms with Gasteiger partial charge in [0.2, 0.25) is 5.91 Å². The topological polar surface area (TPSA) is 64.2 Å². The molecular weight excluding hydrogens is 180 g/mol. The van der Waals surface area contributed by atoms with Gasteiger partial charge in [-0.1, -0.05) is 0 Å². The van der Waals surface area contributed by atoms with Crippen molar-refractivity contribution in [3.8, 4) is 0 Å². The molecule has 1 aromatic heterocycles. The summed E-state index contributed by atoms with van der Waals surface area (Å²) >= 11 is 0. The highest BCUT2D eigenvalue weighted by molar-refractivity contribution is 5.80. The number of nitrogens with zero attached hydrogens (tertiary/aromatic N) is 3. The number of hydrogen-bond acceptors (Lipinski definition) is 3. The third-order valence-electron chi connectivity index (χ3n) is 1.94. The lowest BCUT2D eigenvalue weighted by Gasteiger charge is -2.18. The zero-order valence-corrected chi connectivity index (χ0v) is 8.77. The van der Waals surface area contributed by atoms with Crippen LogP contribution in [0.2, 0.25) is 0 Å². The van der Waals surface area contributed by atoms with Crippen LogP contribution in [0, 0.1) is 0 Å². The van der Waals surface area contributed by atoms with Gasteiger partial charge in [-0.3, -0.25) is 9.48 Å². The lowest BCUT2D eigenvalue weighted by atomic mass is 10.3. The summed E-state index contributed by atoms with van der Waals surface area (Å²) in [4.78, 5) is 13.0. The highest BCUT2D eigenvalue weighted by Gasteiger charge is 2.13. The van der Waals surface area contributed by atoms with Gasteiger partial charge in [0.1, 0.15) is 0 Å². The largest absolute Gasteiger partial charge is 0.340 e. The van der Waals surface area contributed by atoms with E-state index in [-0.39, 0.29) is 5.91 Å². The predicted molar refractivity (Wildman–Crippen MR) is 53.3 cm³/mol. The van der Waals surface area contributed by atoms with E-state index in [1.54, 1.807) is 29.7 Å². The van der Waals surface area contributed by atoms with Gasteiger partial charge in [-0.25, -0.2) is 0 Å². The summed E-state index contributed by atoms with van der Waals surface area (Å²) in [5, 5.41) is 4.02. The maximum Gasteiger partial charge on any atom is 0.239 e. The van der Waals surface area contributed by atoms with E-state index in [0.717, 1.165) is 5.56 Å². The SMILES string of the molecule is CC(N)C(=O)N(C)Cc1cnn(C)c1. The molecule has 0 aliphatic rings. The van der Waals surface area contributed by atoms with E-state index in [1.807, 2.05) is 13.2 Å². The molecule has 1 rings (SSSR count). The molecule has 1 unspecified atom stereocenters. The molecule has 5 nitrogen and oxygen atoms in total. The number of aromatic nitrogens is 2. The Morgan fingerprint density at radius 3 is 2.86 bits per heavy atom. The van der Waals surface area contributed by atoms with E-state index in [9.17, 15) is 4.79 Å². The van der Waals surface area contributed by atoms with E-state index >= 15 is 0 Å². The molecular formula is C9H16N4O. The molecule has 1 heterocycles. The summed E-state index contributed by atoms with van der Waals surface area (Å²) in [6, 6.07) is -0.448. The minimum atomic E-state index is -0.448. The van der Waals surface area contributed by atoms with E-state index in [1.165, 1.54) is 0 Å². The number of aryl methyl sites for hydroxylation is 1. The first-order chi connectivity index (χ1) is 6.50. The standard InChI is InChI=1S/C9H16N4O/c1-7(10)9(14)12(2)5-8-4-11-13(3)6-8/h4,6-7H,5,10H2,1-3H3. The van der Waals surface area contributed by atoms with Crippen LogP contribution in [0.25, 0.3) is 0 Å². The highest BCUT2D eigenvalue weighted by Crippen LogP contribution is 2.02. The predicted octanol–water partition coefficient (Wildman–Crippen LogP) is -0.274. The molecule has 78 valence electrons. The van der Waals surface area contributed by atoms with Crippen molar-refractivity contribution in [2.24, 2.45) is 12.8 Å². The number of likely N-dealkylation sites (N-methyl/N-ethyl adjacent to an activating group) is 1. The zero-order chi connectivity index (χ0) is 10.7.